The minimum atomic E-state index is 0.805. The lowest BCUT2D eigenvalue weighted by atomic mass is 9.88. The van der Waals surface area contributed by atoms with Crippen LogP contribution in [0, 0.1) is 5.92 Å². The zero-order valence-corrected chi connectivity index (χ0v) is 14.9. The summed E-state index contributed by atoms with van der Waals surface area (Å²) in [5, 5.41) is 3.67. The van der Waals surface area contributed by atoms with Crippen LogP contribution in [0.5, 0.6) is 0 Å². The molecule has 0 spiro atoms. The zero-order valence-electron chi connectivity index (χ0n) is 11.7. The highest BCUT2D eigenvalue weighted by atomic mass is 79.9. The van der Waals surface area contributed by atoms with E-state index in [0.29, 0.717) is 0 Å². The quantitative estimate of drug-likeness (QED) is 0.817. The van der Waals surface area contributed by atoms with Crippen LogP contribution in [-0.2, 0) is 6.54 Å². The predicted molar refractivity (Wildman–Crippen MR) is 90.9 cm³/mol. The van der Waals surface area contributed by atoms with Crippen LogP contribution in [0.4, 0.5) is 0 Å². The van der Waals surface area contributed by atoms with Gasteiger partial charge < -0.3 is 5.32 Å². The molecular weight excluding hydrogens is 380 g/mol. The van der Waals surface area contributed by atoms with Gasteiger partial charge in [0, 0.05) is 21.5 Å². The van der Waals surface area contributed by atoms with E-state index in [2.05, 4.69) is 60.3 Å². The minimum absolute atomic E-state index is 0.805. The molecule has 1 aromatic carbocycles. The summed E-state index contributed by atoms with van der Waals surface area (Å²) in [5.74, 6) is 0.908. The van der Waals surface area contributed by atoms with Gasteiger partial charge in [-0.25, -0.2) is 0 Å². The summed E-state index contributed by atoms with van der Waals surface area (Å²) in [6.07, 6.45) is 5.48. The van der Waals surface area contributed by atoms with Gasteiger partial charge in [-0.2, -0.15) is 0 Å². The number of nitrogens with zero attached hydrogens (tertiary/aromatic N) is 1. The first-order valence-electron chi connectivity index (χ1n) is 7.62. The van der Waals surface area contributed by atoms with Gasteiger partial charge in [0.1, 0.15) is 0 Å². The fourth-order valence-corrected chi connectivity index (χ4v) is 4.20. The third-order valence-electron chi connectivity index (χ3n) is 4.69. The lowest BCUT2D eigenvalue weighted by Gasteiger charge is -2.35. The van der Waals surface area contributed by atoms with Gasteiger partial charge in [-0.05, 0) is 101 Å². The van der Waals surface area contributed by atoms with Crippen molar-refractivity contribution in [3.05, 3.63) is 32.7 Å². The molecule has 1 N–H and O–H groups in total. The Morgan fingerprint density at radius 1 is 1.10 bits per heavy atom. The highest BCUT2D eigenvalue weighted by molar-refractivity contribution is 9.13. The molecule has 2 heterocycles. The highest BCUT2D eigenvalue weighted by Gasteiger charge is 2.28. The van der Waals surface area contributed by atoms with Gasteiger partial charge in [0.05, 0.1) is 0 Å². The van der Waals surface area contributed by atoms with E-state index in [1.165, 1.54) is 50.9 Å². The van der Waals surface area contributed by atoms with E-state index in [1.807, 2.05) is 0 Å². The fourth-order valence-electron chi connectivity index (χ4n) is 3.52. The van der Waals surface area contributed by atoms with Gasteiger partial charge in [-0.15, -0.1) is 0 Å². The smallest absolute Gasteiger partial charge is 0.0320 e. The Labute approximate surface area is 138 Å². The van der Waals surface area contributed by atoms with Crippen LogP contribution in [0.3, 0.4) is 0 Å². The first-order chi connectivity index (χ1) is 9.72. The molecule has 1 aromatic rings. The van der Waals surface area contributed by atoms with Gasteiger partial charge in [0.15, 0.2) is 0 Å². The van der Waals surface area contributed by atoms with E-state index in [9.17, 15) is 0 Å². The molecule has 20 heavy (non-hydrogen) atoms. The predicted octanol–water partition coefficient (Wildman–Crippen LogP) is 4.18. The highest BCUT2D eigenvalue weighted by Crippen LogP contribution is 2.28. The van der Waals surface area contributed by atoms with Crippen molar-refractivity contribution in [2.45, 2.75) is 38.3 Å². The average molecular weight is 402 g/mol. The summed E-state index contributed by atoms with van der Waals surface area (Å²) in [6, 6.07) is 7.39. The molecule has 0 aromatic heterocycles. The van der Waals surface area contributed by atoms with Crippen molar-refractivity contribution < 1.29 is 0 Å². The maximum Gasteiger partial charge on any atom is 0.0320 e. The molecule has 0 saturated carbocycles. The molecule has 0 amide bonds. The summed E-state index contributed by atoms with van der Waals surface area (Å²) < 4.78 is 2.28. The Hall–Kier alpha value is 0.1000. The number of piperidine rings is 1. The third-order valence-corrected chi connectivity index (χ3v) is 6.57. The second kappa shape index (κ2) is 6.91. The normalized spacial score (nSPS) is 25.2. The maximum absolute atomic E-state index is 3.67. The Morgan fingerprint density at radius 3 is 2.55 bits per heavy atom. The molecule has 2 nitrogen and oxygen atoms in total. The molecule has 3 rings (SSSR count). The van der Waals surface area contributed by atoms with Crippen molar-refractivity contribution in [1.82, 2.24) is 10.2 Å². The molecular formula is C16H22Br2N2. The van der Waals surface area contributed by atoms with Crippen LogP contribution in [0.2, 0.25) is 0 Å². The molecule has 1 unspecified atom stereocenters. The number of benzene rings is 1. The SMILES string of the molecule is Brc1ccc(CN2CCC(C3CCCN3)CC2)cc1Br. The van der Waals surface area contributed by atoms with Gasteiger partial charge in [-0.3, -0.25) is 4.90 Å². The number of halogens is 2. The fraction of sp³-hybridized carbons (Fsp3) is 0.625. The Morgan fingerprint density at radius 2 is 1.90 bits per heavy atom. The molecule has 2 fully saturated rings. The second-order valence-corrected chi connectivity index (χ2v) is 7.77. The van der Waals surface area contributed by atoms with Gasteiger partial charge in [0.25, 0.3) is 0 Å². The molecule has 2 aliphatic heterocycles. The number of rotatable bonds is 3. The summed E-state index contributed by atoms with van der Waals surface area (Å²) in [4.78, 5) is 2.60. The second-order valence-electron chi connectivity index (χ2n) is 6.06. The number of hydrogen-bond donors (Lipinski definition) is 1. The Balaban J connectivity index is 1.51. The molecule has 2 saturated heterocycles. The van der Waals surface area contributed by atoms with Crippen molar-refractivity contribution in [1.29, 1.82) is 0 Å². The molecule has 0 bridgehead atoms. The topological polar surface area (TPSA) is 15.3 Å². The van der Waals surface area contributed by atoms with Crippen LogP contribution >= 0.6 is 31.9 Å². The van der Waals surface area contributed by atoms with Crippen molar-refractivity contribution >= 4 is 31.9 Å². The van der Waals surface area contributed by atoms with Crippen LogP contribution in [0.1, 0.15) is 31.2 Å². The van der Waals surface area contributed by atoms with Gasteiger partial charge >= 0.3 is 0 Å². The number of hydrogen-bond acceptors (Lipinski definition) is 2. The molecule has 1 atom stereocenters. The first kappa shape index (κ1) is 15.0. The van der Waals surface area contributed by atoms with E-state index >= 15 is 0 Å². The van der Waals surface area contributed by atoms with Crippen molar-refractivity contribution in [3.63, 3.8) is 0 Å². The lowest BCUT2D eigenvalue weighted by molar-refractivity contribution is 0.157. The Kier molecular flexibility index (Phi) is 5.18. The first-order valence-corrected chi connectivity index (χ1v) is 9.20. The molecule has 2 aliphatic rings. The lowest BCUT2D eigenvalue weighted by Crippen LogP contribution is -2.40. The number of likely N-dealkylation sites (tertiary alicyclic amines) is 1. The minimum Gasteiger partial charge on any atom is -0.314 e. The van der Waals surface area contributed by atoms with E-state index in [1.54, 1.807) is 0 Å². The van der Waals surface area contributed by atoms with E-state index in [4.69, 9.17) is 0 Å². The van der Waals surface area contributed by atoms with Crippen LogP contribution < -0.4 is 5.32 Å². The molecule has 4 heteroatoms. The van der Waals surface area contributed by atoms with Gasteiger partial charge in [0.2, 0.25) is 0 Å². The largest absolute Gasteiger partial charge is 0.314 e. The van der Waals surface area contributed by atoms with E-state index < -0.39 is 0 Å². The van der Waals surface area contributed by atoms with Crippen LogP contribution in [0.25, 0.3) is 0 Å². The summed E-state index contributed by atoms with van der Waals surface area (Å²) >= 11 is 7.12. The Bertz CT molecular complexity index is 450. The molecule has 110 valence electrons. The summed E-state index contributed by atoms with van der Waals surface area (Å²) in [5.41, 5.74) is 1.40. The van der Waals surface area contributed by atoms with Crippen LogP contribution in [-0.4, -0.2) is 30.6 Å². The summed E-state index contributed by atoms with van der Waals surface area (Å²) in [7, 11) is 0. The average Bonchev–Trinajstić information content (AvgIpc) is 2.98. The standard InChI is InChI=1S/C16H22Br2N2/c17-14-4-3-12(10-15(14)18)11-20-8-5-13(6-9-20)16-2-1-7-19-16/h3-4,10,13,16,19H,1-2,5-9,11H2. The molecule has 0 radical (unpaired) electrons. The monoisotopic (exact) mass is 400 g/mol. The van der Waals surface area contributed by atoms with Crippen molar-refractivity contribution in [2.75, 3.05) is 19.6 Å². The molecule has 0 aliphatic carbocycles. The maximum atomic E-state index is 3.67. The van der Waals surface area contributed by atoms with Crippen molar-refractivity contribution in [3.8, 4) is 0 Å². The summed E-state index contributed by atoms with van der Waals surface area (Å²) in [6.45, 7) is 4.81. The van der Waals surface area contributed by atoms with Crippen LogP contribution in [0.15, 0.2) is 27.1 Å². The zero-order chi connectivity index (χ0) is 13.9. The van der Waals surface area contributed by atoms with E-state index in [-0.39, 0.29) is 0 Å². The van der Waals surface area contributed by atoms with Crippen molar-refractivity contribution in [2.24, 2.45) is 5.92 Å². The van der Waals surface area contributed by atoms with Gasteiger partial charge in [-0.1, -0.05) is 6.07 Å². The number of nitrogens with one attached hydrogen (secondary N) is 1. The third kappa shape index (κ3) is 3.65. The van der Waals surface area contributed by atoms with E-state index in [0.717, 1.165) is 27.4 Å².